The Morgan fingerprint density at radius 1 is 1.15 bits per heavy atom. The molecule has 0 saturated heterocycles. The van der Waals surface area contributed by atoms with Gasteiger partial charge in [-0.05, 0) is 86.4 Å². The summed E-state index contributed by atoms with van der Waals surface area (Å²) in [6.07, 6.45) is 6.37. The van der Waals surface area contributed by atoms with Crippen LogP contribution in [-0.4, -0.2) is 22.9 Å². The Balaban J connectivity index is 2.19. The summed E-state index contributed by atoms with van der Waals surface area (Å²) in [5, 5.41) is 9.29. The molecule has 0 amide bonds. The lowest BCUT2D eigenvalue weighted by Crippen LogP contribution is -2.38. The number of aliphatic carboxylic acids is 1. The van der Waals surface area contributed by atoms with Crippen molar-refractivity contribution in [3.8, 4) is 5.75 Å². The van der Waals surface area contributed by atoms with Crippen LogP contribution >= 0.6 is 11.8 Å². The van der Waals surface area contributed by atoms with E-state index >= 15 is 0 Å². The monoisotopic (exact) mass is 384 g/mol. The molecule has 0 radical (unpaired) electrons. The second kappa shape index (κ2) is 8.66. The number of allylic oxidation sites excluding steroid dienone is 1. The lowest BCUT2D eigenvalue weighted by atomic mass is 9.98. The molecule has 0 aliphatic rings. The van der Waals surface area contributed by atoms with E-state index in [1.807, 2.05) is 26.0 Å². The van der Waals surface area contributed by atoms with E-state index in [4.69, 9.17) is 4.74 Å². The number of carboxylic acid groups (broad SMARTS) is 1. The summed E-state index contributed by atoms with van der Waals surface area (Å²) in [6.45, 7) is 9.19. The Morgan fingerprint density at radius 3 is 2.19 bits per heavy atom. The predicted octanol–water partition coefficient (Wildman–Crippen LogP) is 6.08. The van der Waals surface area contributed by atoms with E-state index in [0.717, 1.165) is 16.7 Å². The normalized spacial score (nSPS) is 13.0. The molecule has 4 heteroatoms. The van der Waals surface area contributed by atoms with Crippen molar-refractivity contribution in [1.29, 1.82) is 0 Å². The molecule has 0 spiro atoms. The molecule has 1 unspecified atom stereocenters. The maximum atomic E-state index is 11.3. The smallest absolute Gasteiger partial charge is 0.347 e. The molecule has 0 fully saturated rings. The molecule has 2 aromatic carbocycles. The van der Waals surface area contributed by atoms with Crippen LogP contribution in [0, 0.1) is 13.8 Å². The molecule has 1 N–H and O–H groups in total. The Kier molecular flexibility index (Phi) is 6.77. The van der Waals surface area contributed by atoms with Crippen LogP contribution in [0.5, 0.6) is 5.75 Å². The molecule has 0 bridgehead atoms. The van der Waals surface area contributed by atoms with E-state index in [2.05, 4.69) is 49.6 Å². The number of hydrogen-bond acceptors (Lipinski definition) is 3. The van der Waals surface area contributed by atoms with Crippen LogP contribution in [0.2, 0.25) is 0 Å². The summed E-state index contributed by atoms with van der Waals surface area (Å²) in [6, 6.07) is 12.7. The first-order chi connectivity index (χ1) is 12.6. The number of rotatable bonds is 7. The molecule has 1 atom stereocenters. The van der Waals surface area contributed by atoms with Crippen molar-refractivity contribution in [2.75, 3.05) is 6.26 Å². The van der Waals surface area contributed by atoms with Gasteiger partial charge in [-0.1, -0.05) is 31.2 Å². The fourth-order valence-electron chi connectivity index (χ4n) is 2.81. The largest absolute Gasteiger partial charge is 0.478 e. The molecule has 0 aliphatic carbocycles. The number of aryl methyl sites for hydroxylation is 2. The summed E-state index contributed by atoms with van der Waals surface area (Å²) in [4.78, 5) is 12.6. The van der Waals surface area contributed by atoms with Crippen molar-refractivity contribution in [3.05, 3.63) is 64.7 Å². The zero-order valence-electron chi connectivity index (χ0n) is 16.9. The van der Waals surface area contributed by atoms with Gasteiger partial charge in [0.05, 0.1) is 0 Å². The van der Waals surface area contributed by atoms with Crippen LogP contribution in [0.4, 0.5) is 0 Å². The third-order valence-corrected chi connectivity index (χ3v) is 5.32. The lowest BCUT2D eigenvalue weighted by molar-refractivity contribution is -0.152. The molecule has 27 heavy (non-hydrogen) atoms. The van der Waals surface area contributed by atoms with Crippen molar-refractivity contribution >= 4 is 23.8 Å². The average Bonchev–Trinajstić information content (AvgIpc) is 2.62. The number of thioether (sulfide) groups is 1. The highest BCUT2D eigenvalue weighted by Crippen LogP contribution is 2.30. The van der Waals surface area contributed by atoms with Gasteiger partial charge in [0.2, 0.25) is 0 Å². The van der Waals surface area contributed by atoms with Crippen LogP contribution in [0.25, 0.3) is 6.08 Å². The molecular formula is C23H28O3S. The lowest BCUT2D eigenvalue weighted by Gasteiger charge is -2.24. The van der Waals surface area contributed by atoms with Gasteiger partial charge in [0.25, 0.3) is 0 Å². The fraction of sp³-hybridized carbons (Fsp3) is 0.348. The van der Waals surface area contributed by atoms with Crippen molar-refractivity contribution in [3.63, 3.8) is 0 Å². The van der Waals surface area contributed by atoms with Gasteiger partial charge in [0.1, 0.15) is 5.75 Å². The van der Waals surface area contributed by atoms with Crippen LogP contribution < -0.4 is 4.74 Å². The van der Waals surface area contributed by atoms with E-state index in [-0.39, 0.29) is 0 Å². The first-order valence-electron chi connectivity index (χ1n) is 9.00. The number of ether oxygens (including phenoxy) is 1. The molecule has 3 nitrogen and oxygen atoms in total. The number of benzene rings is 2. The van der Waals surface area contributed by atoms with E-state index in [0.29, 0.717) is 11.7 Å². The third-order valence-electron chi connectivity index (χ3n) is 4.57. The van der Waals surface area contributed by atoms with E-state index in [1.165, 1.54) is 10.5 Å². The highest BCUT2D eigenvalue weighted by molar-refractivity contribution is 7.98. The zero-order valence-corrected chi connectivity index (χ0v) is 17.7. The molecule has 0 heterocycles. The molecule has 0 saturated carbocycles. The summed E-state index contributed by atoms with van der Waals surface area (Å²) < 4.78 is 5.77. The summed E-state index contributed by atoms with van der Waals surface area (Å²) in [5.74, 6) is -0.0322. The number of carbonyl (C=O) groups is 1. The summed E-state index contributed by atoms with van der Waals surface area (Å²) >= 11 is 1.74. The second-order valence-corrected chi connectivity index (χ2v) is 8.20. The van der Waals surface area contributed by atoms with Crippen LogP contribution in [0.15, 0.2) is 47.4 Å². The fourth-order valence-corrected chi connectivity index (χ4v) is 3.22. The first-order valence-corrected chi connectivity index (χ1v) is 10.2. The quantitative estimate of drug-likeness (QED) is 0.587. The second-order valence-electron chi connectivity index (χ2n) is 7.32. The topological polar surface area (TPSA) is 46.5 Å². The standard InChI is InChI=1S/C23H28O3S/c1-15(19-9-11-20(27-6)12-10-19)7-8-18-13-16(2)21(17(3)14-18)26-23(4,5)22(24)25/h7-15H,1-6H3,(H,24,25)/b8-7+. The molecule has 2 rings (SSSR count). The average molecular weight is 385 g/mol. The van der Waals surface area contributed by atoms with Crippen molar-refractivity contribution < 1.29 is 14.6 Å². The molecule has 0 aliphatic heterocycles. The summed E-state index contributed by atoms with van der Waals surface area (Å²) in [5.41, 5.74) is 2.96. The van der Waals surface area contributed by atoms with Gasteiger partial charge in [-0.15, -0.1) is 11.8 Å². The maximum Gasteiger partial charge on any atom is 0.347 e. The predicted molar refractivity (Wildman–Crippen MR) is 114 cm³/mol. The van der Waals surface area contributed by atoms with Gasteiger partial charge in [-0.3, -0.25) is 0 Å². The van der Waals surface area contributed by atoms with Crippen LogP contribution in [0.3, 0.4) is 0 Å². The minimum atomic E-state index is -1.26. The SMILES string of the molecule is CSc1ccc(C(C)/C=C/c2cc(C)c(OC(C)(C)C(=O)O)c(C)c2)cc1. The van der Waals surface area contributed by atoms with Crippen molar-refractivity contribution in [2.45, 2.75) is 51.0 Å². The van der Waals surface area contributed by atoms with E-state index in [1.54, 1.807) is 25.6 Å². The maximum absolute atomic E-state index is 11.3. The Hall–Kier alpha value is -2.20. The number of carboxylic acids is 1. The Morgan fingerprint density at radius 2 is 1.70 bits per heavy atom. The van der Waals surface area contributed by atoms with Crippen molar-refractivity contribution in [2.24, 2.45) is 0 Å². The Bertz CT molecular complexity index is 812. The van der Waals surface area contributed by atoms with E-state index < -0.39 is 11.6 Å². The minimum absolute atomic E-state index is 0.309. The van der Waals surface area contributed by atoms with Gasteiger partial charge >= 0.3 is 5.97 Å². The van der Waals surface area contributed by atoms with Crippen LogP contribution in [0.1, 0.15) is 48.9 Å². The number of hydrogen-bond donors (Lipinski definition) is 1. The highest BCUT2D eigenvalue weighted by Gasteiger charge is 2.30. The zero-order chi connectivity index (χ0) is 20.2. The third kappa shape index (κ3) is 5.39. The molecular weight excluding hydrogens is 356 g/mol. The van der Waals surface area contributed by atoms with Gasteiger partial charge in [0.15, 0.2) is 5.60 Å². The molecule has 0 aromatic heterocycles. The van der Waals surface area contributed by atoms with Gasteiger partial charge in [-0.2, -0.15) is 0 Å². The van der Waals surface area contributed by atoms with Gasteiger partial charge < -0.3 is 9.84 Å². The van der Waals surface area contributed by atoms with Crippen molar-refractivity contribution in [1.82, 2.24) is 0 Å². The summed E-state index contributed by atoms with van der Waals surface area (Å²) in [7, 11) is 0. The van der Waals surface area contributed by atoms with Crippen LogP contribution in [-0.2, 0) is 4.79 Å². The first kappa shape index (κ1) is 21.1. The Labute approximate surface area is 166 Å². The molecule has 2 aromatic rings. The van der Waals surface area contributed by atoms with Gasteiger partial charge in [0, 0.05) is 4.90 Å². The van der Waals surface area contributed by atoms with E-state index in [9.17, 15) is 9.90 Å². The molecule has 144 valence electrons. The van der Waals surface area contributed by atoms with Gasteiger partial charge in [-0.25, -0.2) is 4.79 Å². The minimum Gasteiger partial charge on any atom is -0.478 e. The highest BCUT2D eigenvalue weighted by atomic mass is 32.2.